The number of carbonyl (C=O) groups is 1. The summed E-state index contributed by atoms with van der Waals surface area (Å²) < 4.78 is 48.5. The summed E-state index contributed by atoms with van der Waals surface area (Å²) in [6.07, 6.45) is -4.10. The van der Waals surface area contributed by atoms with Gasteiger partial charge in [0.25, 0.3) is 0 Å². The Balaban J connectivity index is 1.41. The van der Waals surface area contributed by atoms with E-state index in [2.05, 4.69) is 21.2 Å². The van der Waals surface area contributed by atoms with Crippen molar-refractivity contribution in [3.63, 3.8) is 0 Å². The quantitative estimate of drug-likeness (QED) is 0.226. The first-order valence-electron chi connectivity index (χ1n) is 12.9. The van der Waals surface area contributed by atoms with Crippen LogP contribution >= 0.6 is 0 Å². The summed E-state index contributed by atoms with van der Waals surface area (Å²) in [5, 5.41) is 8.08. The van der Waals surface area contributed by atoms with Crippen molar-refractivity contribution >= 4 is 28.9 Å². The predicted octanol–water partition coefficient (Wildman–Crippen LogP) is 5.86. The lowest BCUT2D eigenvalue weighted by Gasteiger charge is -2.19. The molecule has 3 aromatic carbocycles. The van der Waals surface area contributed by atoms with Crippen LogP contribution in [0.5, 0.6) is 0 Å². The zero-order valence-corrected chi connectivity index (χ0v) is 22.8. The Hall–Kier alpha value is -4.64. The average molecular weight is 563 g/mol. The molecule has 0 unspecified atom stereocenters. The van der Waals surface area contributed by atoms with Gasteiger partial charge in [-0.15, -0.1) is 0 Å². The first-order chi connectivity index (χ1) is 19.6. The molecule has 11 heteroatoms. The molecule has 1 amide bonds. The largest absolute Gasteiger partial charge is 0.435 e. The first kappa shape index (κ1) is 27.9. The Kier molecular flexibility index (Phi) is 7.55. The number of hydrogen-bond donors (Lipinski definition) is 1. The van der Waals surface area contributed by atoms with Crippen molar-refractivity contribution in [3.05, 3.63) is 89.2 Å². The van der Waals surface area contributed by atoms with E-state index in [1.165, 1.54) is 9.58 Å². The number of rotatable bonds is 9. The van der Waals surface area contributed by atoms with E-state index in [9.17, 15) is 18.0 Å². The number of fused-ring (bicyclic) bond motifs is 1. The van der Waals surface area contributed by atoms with Gasteiger partial charge in [0.2, 0.25) is 6.41 Å². The highest BCUT2D eigenvalue weighted by molar-refractivity contribution is 5.88. The van der Waals surface area contributed by atoms with Crippen molar-refractivity contribution in [2.24, 2.45) is 0 Å². The van der Waals surface area contributed by atoms with Crippen molar-refractivity contribution in [2.75, 3.05) is 31.3 Å². The third-order valence-electron chi connectivity index (χ3n) is 6.98. The summed E-state index contributed by atoms with van der Waals surface area (Å²) in [6.45, 7) is 2.38. The molecule has 0 aliphatic rings. The van der Waals surface area contributed by atoms with Gasteiger partial charge in [-0.2, -0.15) is 18.3 Å². The van der Waals surface area contributed by atoms with Crippen molar-refractivity contribution in [2.45, 2.75) is 26.1 Å². The molecule has 212 valence electrons. The Morgan fingerprint density at radius 1 is 1.05 bits per heavy atom. The minimum atomic E-state index is -4.68. The maximum atomic E-state index is 14.1. The van der Waals surface area contributed by atoms with Crippen LogP contribution in [0.3, 0.4) is 0 Å². The molecule has 41 heavy (non-hydrogen) atoms. The number of benzene rings is 3. The molecule has 0 spiro atoms. The van der Waals surface area contributed by atoms with Gasteiger partial charge in [-0.1, -0.05) is 41.6 Å². The molecule has 2 heterocycles. The summed E-state index contributed by atoms with van der Waals surface area (Å²) in [5.74, 6) is 0.136. The number of amides is 1. The van der Waals surface area contributed by atoms with E-state index in [-0.39, 0.29) is 24.3 Å². The van der Waals surface area contributed by atoms with E-state index < -0.39 is 11.9 Å². The van der Waals surface area contributed by atoms with Crippen LogP contribution in [0, 0.1) is 6.92 Å². The van der Waals surface area contributed by atoms with Gasteiger partial charge in [0.15, 0.2) is 17.1 Å². The number of carbonyl (C=O) groups excluding carboxylic acids is 1. The molecule has 5 aromatic rings. The molecule has 2 aromatic heterocycles. The van der Waals surface area contributed by atoms with E-state index in [4.69, 9.17) is 10.3 Å². The number of nitrogen functional groups attached to an aromatic ring is 1. The van der Waals surface area contributed by atoms with Gasteiger partial charge in [-0.25, -0.2) is 4.68 Å². The predicted molar refractivity (Wildman–Crippen MR) is 152 cm³/mol. The topological polar surface area (TPSA) is 93.4 Å². The Morgan fingerprint density at radius 3 is 2.46 bits per heavy atom. The van der Waals surface area contributed by atoms with Gasteiger partial charge in [0.05, 0.1) is 11.1 Å². The molecule has 0 radical (unpaired) electrons. The lowest BCUT2D eigenvalue weighted by molar-refractivity contribution is -0.141. The summed E-state index contributed by atoms with van der Waals surface area (Å²) in [7, 11) is 4.01. The number of nitrogens with zero attached hydrogens (tertiary/aromatic N) is 5. The van der Waals surface area contributed by atoms with E-state index >= 15 is 0 Å². The average Bonchev–Trinajstić information content (AvgIpc) is 3.48. The van der Waals surface area contributed by atoms with E-state index in [0.29, 0.717) is 34.4 Å². The number of halogens is 3. The number of alkyl halides is 3. The van der Waals surface area contributed by atoms with Gasteiger partial charge in [0, 0.05) is 30.0 Å². The van der Waals surface area contributed by atoms with Crippen LogP contribution in [0.4, 0.5) is 24.7 Å². The monoisotopic (exact) mass is 562 g/mol. The third-order valence-corrected chi connectivity index (χ3v) is 6.98. The summed E-state index contributed by atoms with van der Waals surface area (Å²) in [6, 6.07) is 20.3. The van der Waals surface area contributed by atoms with Crippen molar-refractivity contribution in [1.82, 2.24) is 19.8 Å². The minimum Gasteiger partial charge on any atom is -0.380 e. The number of nitrogens with two attached hydrogens (primary N) is 1. The third kappa shape index (κ3) is 5.66. The lowest BCUT2D eigenvalue weighted by Crippen LogP contribution is -2.24. The summed E-state index contributed by atoms with van der Waals surface area (Å²) >= 11 is 0. The van der Waals surface area contributed by atoms with Crippen molar-refractivity contribution in [3.8, 4) is 16.8 Å². The van der Waals surface area contributed by atoms with Crippen LogP contribution in [0.2, 0.25) is 0 Å². The van der Waals surface area contributed by atoms with Crippen LogP contribution in [-0.4, -0.2) is 46.9 Å². The van der Waals surface area contributed by atoms with Crippen molar-refractivity contribution < 1.29 is 22.5 Å². The molecule has 0 bridgehead atoms. The van der Waals surface area contributed by atoms with E-state index in [0.717, 1.165) is 23.2 Å². The zero-order chi connectivity index (χ0) is 29.3. The maximum absolute atomic E-state index is 14.1. The second kappa shape index (κ2) is 11.1. The van der Waals surface area contributed by atoms with Crippen LogP contribution < -0.4 is 10.6 Å². The molecular weight excluding hydrogens is 533 g/mol. The molecule has 8 nitrogen and oxygen atoms in total. The van der Waals surface area contributed by atoms with Gasteiger partial charge < -0.3 is 20.1 Å². The van der Waals surface area contributed by atoms with Gasteiger partial charge in [-0.3, -0.25) is 4.79 Å². The molecule has 0 aliphatic carbocycles. The van der Waals surface area contributed by atoms with Crippen LogP contribution in [0.15, 0.2) is 71.3 Å². The molecule has 0 fully saturated rings. The number of hydrogen-bond acceptors (Lipinski definition) is 6. The minimum absolute atomic E-state index is 0.0111. The summed E-state index contributed by atoms with van der Waals surface area (Å²) in [5.41, 5.74) is 9.77. The van der Waals surface area contributed by atoms with Gasteiger partial charge >= 0.3 is 6.18 Å². The molecule has 2 N–H and O–H groups in total. The fourth-order valence-electron chi connectivity index (χ4n) is 4.98. The fourth-order valence-corrected chi connectivity index (χ4v) is 4.98. The second-order valence-electron chi connectivity index (χ2n) is 10.1. The normalized spacial score (nSPS) is 11.9. The first-order valence-corrected chi connectivity index (χ1v) is 12.9. The molecule has 5 rings (SSSR count). The highest BCUT2D eigenvalue weighted by Crippen LogP contribution is 2.35. The van der Waals surface area contributed by atoms with Crippen LogP contribution in [0.25, 0.3) is 27.8 Å². The highest BCUT2D eigenvalue weighted by Gasteiger charge is 2.38. The molecule has 0 saturated heterocycles. The molecule has 0 aliphatic heterocycles. The van der Waals surface area contributed by atoms with Gasteiger partial charge in [0.1, 0.15) is 0 Å². The lowest BCUT2D eigenvalue weighted by atomic mass is 9.99. The summed E-state index contributed by atoms with van der Waals surface area (Å²) in [4.78, 5) is 15.5. The Morgan fingerprint density at radius 2 is 1.78 bits per heavy atom. The van der Waals surface area contributed by atoms with Crippen LogP contribution in [0.1, 0.15) is 22.5 Å². The SMILES string of the molecule is Cc1c(CCN(C=O)c2ccc(-c3ccccc3CN(C)C)cc2)c(C(F)(F)F)nn1-c1ccc2onc(N)c2c1. The van der Waals surface area contributed by atoms with Crippen LogP contribution in [-0.2, 0) is 23.9 Å². The second-order valence-corrected chi connectivity index (χ2v) is 10.1. The standard InChI is InChI=1S/C30H29F3N6O2/c1-19-24(28(30(31,32)33)35-39(19)23-12-13-27-26(16-23)29(34)36-41-27)14-15-38(18-40)22-10-8-20(9-11-22)25-7-5-4-6-21(25)17-37(2)3/h4-13,16,18H,14-15,17H2,1-3H3,(H2,34,36). The molecule has 0 saturated carbocycles. The Labute approximate surface area is 234 Å². The van der Waals surface area contributed by atoms with E-state index in [1.54, 1.807) is 37.3 Å². The zero-order valence-electron chi connectivity index (χ0n) is 22.8. The number of aromatic nitrogens is 3. The van der Waals surface area contributed by atoms with E-state index in [1.807, 2.05) is 44.4 Å². The smallest absolute Gasteiger partial charge is 0.380 e. The maximum Gasteiger partial charge on any atom is 0.435 e. The number of anilines is 2. The Bertz CT molecular complexity index is 1690. The molecule has 0 atom stereocenters. The highest BCUT2D eigenvalue weighted by atomic mass is 19.4. The van der Waals surface area contributed by atoms with Crippen molar-refractivity contribution in [1.29, 1.82) is 0 Å². The van der Waals surface area contributed by atoms with Gasteiger partial charge in [-0.05, 0) is 74.5 Å². The fraction of sp³-hybridized carbons (Fsp3) is 0.233. The molecular formula is C30H29F3N6O2.